The maximum Gasteiger partial charge on any atom is 0.256 e. The molecular formula is C28H32Cl3N5O. The Bertz CT molecular complexity index is 1280. The first-order valence-electron chi connectivity index (χ1n) is 11.6. The highest BCUT2D eigenvalue weighted by Crippen LogP contribution is 2.32. The van der Waals surface area contributed by atoms with Gasteiger partial charge in [0.2, 0.25) is 0 Å². The second-order valence-electron chi connectivity index (χ2n) is 8.85. The van der Waals surface area contributed by atoms with E-state index in [0.717, 1.165) is 40.3 Å². The molecule has 9 heteroatoms. The maximum absolute atomic E-state index is 13.7. The molecule has 1 aliphatic rings. The van der Waals surface area contributed by atoms with Gasteiger partial charge in [0.1, 0.15) is 0 Å². The number of amides is 1. The lowest BCUT2D eigenvalue weighted by Crippen LogP contribution is -2.36. The van der Waals surface area contributed by atoms with Crippen LogP contribution in [0.1, 0.15) is 21.6 Å². The number of carbonyl (C=O) groups is 1. The first-order chi connectivity index (χ1) is 16.6. The van der Waals surface area contributed by atoms with Crippen LogP contribution in [-0.4, -0.2) is 48.0 Å². The van der Waals surface area contributed by atoms with Crippen LogP contribution in [0.3, 0.4) is 0 Å². The quantitative estimate of drug-likeness (QED) is 0.322. The third kappa shape index (κ3) is 6.58. The van der Waals surface area contributed by atoms with Crippen molar-refractivity contribution in [3.63, 3.8) is 0 Å². The SMILES string of the molecule is CN(C)c1ccccc1C(=O)N1CCN(Cc2cnc[nH]2)c2ccc(-c3ccccc3)cc2C1.Cl.Cl.Cl. The Balaban J connectivity index is 0.00000160. The molecule has 0 spiro atoms. The Kier molecular flexibility index (Phi) is 10.9. The fraction of sp³-hybridized carbons (Fsp3) is 0.214. The van der Waals surface area contributed by atoms with E-state index in [0.29, 0.717) is 19.6 Å². The molecule has 4 aromatic rings. The number of aromatic amines is 1. The molecule has 2 heterocycles. The molecule has 0 aliphatic carbocycles. The molecule has 0 bridgehead atoms. The van der Waals surface area contributed by atoms with Crippen molar-refractivity contribution in [1.29, 1.82) is 0 Å². The lowest BCUT2D eigenvalue weighted by Gasteiger charge is -2.25. The van der Waals surface area contributed by atoms with Crippen molar-refractivity contribution in [2.45, 2.75) is 13.1 Å². The highest BCUT2D eigenvalue weighted by Gasteiger charge is 2.26. The predicted molar refractivity (Wildman–Crippen MR) is 159 cm³/mol. The van der Waals surface area contributed by atoms with Crippen molar-refractivity contribution in [2.24, 2.45) is 0 Å². The Labute approximate surface area is 236 Å². The fourth-order valence-corrected chi connectivity index (χ4v) is 4.61. The average molecular weight is 561 g/mol. The molecule has 196 valence electrons. The van der Waals surface area contributed by atoms with E-state index >= 15 is 0 Å². The normalized spacial score (nSPS) is 12.3. The third-order valence-electron chi connectivity index (χ3n) is 6.35. The fourth-order valence-electron chi connectivity index (χ4n) is 4.61. The van der Waals surface area contributed by atoms with Crippen LogP contribution in [0.4, 0.5) is 11.4 Å². The van der Waals surface area contributed by atoms with Gasteiger partial charge in [0, 0.05) is 51.3 Å². The molecule has 0 fully saturated rings. The average Bonchev–Trinajstić information content (AvgIpc) is 3.32. The summed E-state index contributed by atoms with van der Waals surface area (Å²) in [5.41, 5.74) is 7.35. The number of anilines is 2. The second-order valence-corrected chi connectivity index (χ2v) is 8.85. The number of imidazole rings is 1. The van der Waals surface area contributed by atoms with E-state index in [9.17, 15) is 4.79 Å². The topological polar surface area (TPSA) is 55.5 Å². The van der Waals surface area contributed by atoms with Gasteiger partial charge in [0.25, 0.3) is 5.91 Å². The lowest BCUT2D eigenvalue weighted by molar-refractivity contribution is 0.0752. The van der Waals surface area contributed by atoms with E-state index in [2.05, 4.69) is 57.3 Å². The van der Waals surface area contributed by atoms with Gasteiger partial charge in [0.05, 0.1) is 24.1 Å². The summed E-state index contributed by atoms with van der Waals surface area (Å²) in [6.45, 7) is 2.67. The summed E-state index contributed by atoms with van der Waals surface area (Å²) in [4.78, 5) is 27.4. The van der Waals surface area contributed by atoms with Gasteiger partial charge < -0.3 is 19.7 Å². The van der Waals surface area contributed by atoms with Gasteiger partial charge >= 0.3 is 0 Å². The molecule has 1 aliphatic heterocycles. The molecule has 37 heavy (non-hydrogen) atoms. The molecule has 0 atom stereocenters. The molecule has 0 saturated heterocycles. The summed E-state index contributed by atoms with van der Waals surface area (Å²) in [5, 5.41) is 0. The highest BCUT2D eigenvalue weighted by atomic mass is 35.5. The molecule has 0 radical (unpaired) electrons. The van der Waals surface area contributed by atoms with Crippen LogP contribution in [0.25, 0.3) is 11.1 Å². The third-order valence-corrected chi connectivity index (χ3v) is 6.35. The van der Waals surface area contributed by atoms with E-state index in [-0.39, 0.29) is 43.1 Å². The highest BCUT2D eigenvalue weighted by molar-refractivity contribution is 6.00. The van der Waals surface area contributed by atoms with Crippen LogP contribution < -0.4 is 9.80 Å². The standard InChI is InChI=1S/C28H29N5O.3ClH/c1-31(2)27-11-7-6-10-25(27)28(34)33-15-14-32(19-24-17-29-20-30-24)26-13-12-22(16-23(26)18-33)21-8-4-3-5-9-21;;;/h3-13,16-17,20H,14-15,18-19H2,1-2H3,(H,29,30);3*1H. The molecule has 1 aromatic heterocycles. The summed E-state index contributed by atoms with van der Waals surface area (Å²) < 4.78 is 0. The van der Waals surface area contributed by atoms with Gasteiger partial charge in [-0.3, -0.25) is 4.79 Å². The van der Waals surface area contributed by atoms with Gasteiger partial charge in [-0.1, -0.05) is 48.5 Å². The van der Waals surface area contributed by atoms with Gasteiger partial charge in [-0.05, 0) is 41.0 Å². The van der Waals surface area contributed by atoms with Crippen molar-refractivity contribution in [3.05, 3.63) is 102 Å². The number of fused-ring (bicyclic) bond motifs is 1. The monoisotopic (exact) mass is 559 g/mol. The zero-order chi connectivity index (χ0) is 23.5. The van der Waals surface area contributed by atoms with Gasteiger partial charge in [-0.15, -0.1) is 37.2 Å². The van der Waals surface area contributed by atoms with E-state index in [1.54, 1.807) is 6.33 Å². The summed E-state index contributed by atoms with van der Waals surface area (Å²) in [7, 11) is 3.95. The summed E-state index contributed by atoms with van der Waals surface area (Å²) in [6.07, 6.45) is 3.57. The molecule has 0 saturated carbocycles. The number of rotatable bonds is 5. The van der Waals surface area contributed by atoms with Crippen LogP contribution >= 0.6 is 37.2 Å². The second kappa shape index (κ2) is 13.4. The number of carbonyl (C=O) groups excluding carboxylic acids is 1. The summed E-state index contributed by atoms with van der Waals surface area (Å²) >= 11 is 0. The van der Waals surface area contributed by atoms with Crippen LogP contribution in [0.15, 0.2) is 85.3 Å². The number of halogens is 3. The molecule has 0 unspecified atom stereocenters. The Hall–Kier alpha value is -3.19. The minimum absolute atomic E-state index is 0. The number of aromatic nitrogens is 2. The van der Waals surface area contributed by atoms with Crippen molar-refractivity contribution in [1.82, 2.24) is 14.9 Å². The van der Waals surface area contributed by atoms with Gasteiger partial charge in [-0.25, -0.2) is 4.98 Å². The molecule has 6 nitrogen and oxygen atoms in total. The predicted octanol–water partition coefficient (Wildman–Crippen LogP) is 6.07. The van der Waals surface area contributed by atoms with Crippen LogP contribution in [-0.2, 0) is 13.1 Å². The summed E-state index contributed by atoms with van der Waals surface area (Å²) in [5.74, 6) is 0.0590. The maximum atomic E-state index is 13.7. The molecule has 3 aromatic carbocycles. The van der Waals surface area contributed by atoms with E-state index < -0.39 is 0 Å². The number of hydrogen-bond donors (Lipinski definition) is 1. The van der Waals surface area contributed by atoms with Crippen LogP contribution in [0.5, 0.6) is 0 Å². The van der Waals surface area contributed by atoms with Gasteiger partial charge in [-0.2, -0.15) is 0 Å². The van der Waals surface area contributed by atoms with E-state index in [1.165, 1.54) is 5.56 Å². The minimum Gasteiger partial charge on any atom is -0.377 e. The molecule has 5 rings (SSSR count). The Morgan fingerprint density at radius 2 is 1.65 bits per heavy atom. The largest absolute Gasteiger partial charge is 0.377 e. The number of hydrogen-bond acceptors (Lipinski definition) is 4. The van der Waals surface area contributed by atoms with E-state index in [1.807, 2.05) is 60.4 Å². The van der Waals surface area contributed by atoms with Crippen LogP contribution in [0.2, 0.25) is 0 Å². The number of para-hydroxylation sites is 1. The van der Waals surface area contributed by atoms with Gasteiger partial charge in [0.15, 0.2) is 0 Å². The minimum atomic E-state index is 0. The number of nitrogens with one attached hydrogen (secondary N) is 1. The van der Waals surface area contributed by atoms with Crippen molar-refractivity contribution in [3.8, 4) is 11.1 Å². The molecule has 1 amide bonds. The number of H-pyrrole nitrogens is 1. The van der Waals surface area contributed by atoms with Crippen LogP contribution in [0, 0.1) is 0 Å². The van der Waals surface area contributed by atoms with Crippen molar-refractivity contribution < 1.29 is 4.79 Å². The number of benzene rings is 3. The smallest absolute Gasteiger partial charge is 0.256 e. The Morgan fingerprint density at radius 1 is 0.919 bits per heavy atom. The van der Waals surface area contributed by atoms with Crippen molar-refractivity contribution in [2.75, 3.05) is 37.0 Å². The molecular weight excluding hydrogens is 529 g/mol. The zero-order valence-corrected chi connectivity index (χ0v) is 23.3. The summed E-state index contributed by atoms with van der Waals surface area (Å²) in [6, 6.07) is 24.8. The van der Waals surface area contributed by atoms with Crippen molar-refractivity contribution >= 4 is 54.5 Å². The zero-order valence-electron chi connectivity index (χ0n) is 20.8. The first-order valence-corrected chi connectivity index (χ1v) is 11.6. The number of nitrogens with zero attached hydrogens (tertiary/aromatic N) is 4. The Morgan fingerprint density at radius 3 is 2.35 bits per heavy atom. The van der Waals surface area contributed by atoms with E-state index in [4.69, 9.17) is 0 Å². The first kappa shape index (κ1) is 30.0. The lowest BCUT2D eigenvalue weighted by atomic mass is 10.0. The molecule has 1 N–H and O–H groups in total.